The van der Waals surface area contributed by atoms with Crippen LogP contribution >= 0.6 is 11.8 Å². The van der Waals surface area contributed by atoms with Gasteiger partial charge in [0.15, 0.2) is 16.7 Å². The van der Waals surface area contributed by atoms with E-state index in [0.29, 0.717) is 41.4 Å². The van der Waals surface area contributed by atoms with Crippen molar-refractivity contribution in [1.29, 1.82) is 0 Å². The molecule has 0 N–H and O–H groups in total. The largest absolute Gasteiger partial charge is 0.493 e. The molecule has 32 heavy (non-hydrogen) atoms. The summed E-state index contributed by atoms with van der Waals surface area (Å²) < 4.78 is 42.0. The number of para-hydroxylation sites is 1. The van der Waals surface area contributed by atoms with Gasteiger partial charge in [-0.05, 0) is 50.1 Å². The lowest BCUT2D eigenvalue weighted by Crippen LogP contribution is -2.24. The second-order valence-corrected chi connectivity index (χ2v) is 8.24. The molecule has 0 aliphatic rings. The predicted octanol–water partition coefficient (Wildman–Crippen LogP) is 5.11. The molecule has 0 fully saturated rings. The number of benzene rings is 2. The van der Waals surface area contributed by atoms with Gasteiger partial charge in [0.25, 0.3) is 5.56 Å². The van der Waals surface area contributed by atoms with Gasteiger partial charge in [0.05, 0.1) is 24.1 Å². The highest BCUT2D eigenvalue weighted by molar-refractivity contribution is 7.98. The molecular weight excluding hydrogens is 438 g/mol. The van der Waals surface area contributed by atoms with Crippen molar-refractivity contribution in [3.05, 3.63) is 58.4 Å². The summed E-state index contributed by atoms with van der Waals surface area (Å²) in [6.45, 7) is 2.04. The number of hydrogen-bond donors (Lipinski definition) is 0. The van der Waals surface area contributed by atoms with Gasteiger partial charge in [-0.1, -0.05) is 30.0 Å². The molecule has 1 aromatic heterocycles. The summed E-state index contributed by atoms with van der Waals surface area (Å²) in [6, 6.07) is 12.0. The number of rotatable bonds is 11. The highest BCUT2D eigenvalue weighted by atomic mass is 32.2. The van der Waals surface area contributed by atoms with Gasteiger partial charge in [-0.15, -0.1) is 0 Å². The van der Waals surface area contributed by atoms with Crippen LogP contribution in [0.25, 0.3) is 10.9 Å². The number of nitrogens with zero attached hydrogens (tertiary/aromatic N) is 2. The van der Waals surface area contributed by atoms with Crippen LogP contribution in [0.4, 0.5) is 8.78 Å². The number of hydrogen-bond acceptors (Lipinski definition) is 6. The summed E-state index contributed by atoms with van der Waals surface area (Å²) in [6.07, 6.45) is 0.807. The van der Waals surface area contributed by atoms with Gasteiger partial charge < -0.3 is 14.2 Å². The molecule has 0 aliphatic carbocycles. The summed E-state index contributed by atoms with van der Waals surface area (Å²) in [5.41, 5.74) is 1.36. The molecule has 2 aromatic carbocycles. The van der Waals surface area contributed by atoms with Crippen LogP contribution in [-0.2, 0) is 17.0 Å². The molecule has 0 saturated heterocycles. The first kappa shape index (κ1) is 24.0. The number of aromatic nitrogens is 2. The fraction of sp³-hybridized carbons (Fsp3) is 0.391. The smallest absolute Gasteiger partial charge is 0.387 e. The zero-order chi connectivity index (χ0) is 23.1. The van der Waals surface area contributed by atoms with E-state index in [1.165, 1.54) is 24.9 Å². The van der Waals surface area contributed by atoms with Crippen molar-refractivity contribution in [3.63, 3.8) is 0 Å². The van der Waals surface area contributed by atoms with Crippen molar-refractivity contribution < 1.29 is 23.0 Å². The van der Waals surface area contributed by atoms with Crippen molar-refractivity contribution in [2.24, 2.45) is 0 Å². The standard InChI is InChI=1S/C23H26F2N2O4S/c1-15(2)30-12-6-11-27-21(28)17-7-4-5-8-18(17)26-23(27)32-14-16-9-10-19(31-22(24)25)20(13-16)29-3/h4-5,7-10,13,15,22H,6,11-12,14H2,1-3H3. The third-order valence-electron chi connectivity index (χ3n) is 4.62. The second-order valence-electron chi connectivity index (χ2n) is 7.29. The van der Waals surface area contributed by atoms with E-state index in [4.69, 9.17) is 14.5 Å². The Morgan fingerprint density at radius 1 is 1.12 bits per heavy atom. The zero-order valence-electron chi connectivity index (χ0n) is 18.2. The first-order valence-corrected chi connectivity index (χ1v) is 11.2. The maximum Gasteiger partial charge on any atom is 0.387 e. The Hall–Kier alpha value is -2.65. The highest BCUT2D eigenvalue weighted by Gasteiger charge is 2.14. The Labute approximate surface area is 189 Å². The number of fused-ring (bicyclic) bond motifs is 1. The van der Waals surface area contributed by atoms with Gasteiger partial charge in [-0.25, -0.2) is 4.98 Å². The van der Waals surface area contributed by atoms with Gasteiger partial charge in [0.2, 0.25) is 0 Å². The van der Waals surface area contributed by atoms with E-state index in [-0.39, 0.29) is 23.2 Å². The van der Waals surface area contributed by atoms with Crippen LogP contribution in [0.1, 0.15) is 25.8 Å². The lowest BCUT2D eigenvalue weighted by molar-refractivity contribution is -0.0512. The van der Waals surface area contributed by atoms with E-state index in [2.05, 4.69) is 4.74 Å². The molecule has 0 amide bonds. The molecule has 3 aromatic rings. The maximum atomic E-state index is 13.1. The highest BCUT2D eigenvalue weighted by Crippen LogP contribution is 2.32. The summed E-state index contributed by atoms with van der Waals surface area (Å²) >= 11 is 1.40. The van der Waals surface area contributed by atoms with Crippen LogP contribution in [0.2, 0.25) is 0 Å². The van der Waals surface area contributed by atoms with Gasteiger partial charge >= 0.3 is 6.61 Å². The van der Waals surface area contributed by atoms with Crippen molar-refractivity contribution in [3.8, 4) is 11.5 Å². The Balaban J connectivity index is 1.84. The average molecular weight is 465 g/mol. The second kappa shape index (κ2) is 11.3. The molecule has 6 nitrogen and oxygen atoms in total. The van der Waals surface area contributed by atoms with Crippen LogP contribution < -0.4 is 15.0 Å². The summed E-state index contributed by atoms with van der Waals surface area (Å²) in [4.78, 5) is 17.8. The van der Waals surface area contributed by atoms with E-state index in [0.717, 1.165) is 5.56 Å². The van der Waals surface area contributed by atoms with Crippen molar-refractivity contribution in [2.45, 2.75) is 50.4 Å². The lowest BCUT2D eigenvalue weighted by atomic mass is 10.2. The quantitative estimate of drug-likeness (QED) is 0.223. The summed E-state index contributed by atoms with van der Waals surface area (Å²) in [5, 5.41) is 1.15. The van der Waals surface area contributed by atoms with Crippen LogP contribution in [0.3, 0.4) is 0 Å². The molecule has 0 atom stereocenters. The minimum Gasteiger partial charge on any atom is -0.493 e. The normalized spacial score (nSPS) is 11.5. The molecule has 0 saturated carbocycles. The minimum atomic E-state index is -2.93. The lowest BCUT2D eigenvalue weighted by Gasteiger charge is -2.15. The van der Waals surface area contributed by atoms with E-state index in [1.54, 1.807) is 22.8 Å². The minimum absolute atomic E-state index is 0.0258. The number of methoxy groups -OCH3 is 1. The van der Waals surface area contributed by atoms with Crippen LogP contribution in [0.5, 0.6) is 11.5 Å². The molecule has 0 spiro atoms. The molecule has 0 radical (unpaired) electrons. The Morgan fingerprint density at radius 3 is 2.62 bits per heavy atom. The molecule has 9 heteroatoms. The monoisotopic (exact) mass is 464 g/mol. The Kier molecular flexibility index (Phi) is 8.46. The van der Waals surface area contributed by atoms with Gasteiger partial charge in [-0.2, -0.15) is 8.78 Å². The maximum absolute atomic E-state index is 13.1. The van der Waals surface area contributed by atoms with Crippen molar-refractivity contribution in [1.82, 2.24) is 9.55 Å². The number of alkyl halides is 2. The Bertz CT molecular complexity index is 1110. The average Bonchev–Trinajstić information content (AvgIpc) is 2.76. The van der Waals surface area contributed by atoms with Gasteiger partial charge in [0, 0.05) is 18.9 Å². The third-order valence-corrected chi connectivity index (χ3v) is 5.66. The Morgan fingerprint density at radius 2 is 1.91 bits per heavy atom. The van der Waals surface area contributed by atoms with Gasteiger partial charge in [0.1, 0.15) is 0 Å². The molecule has 0 aliphatic heterocycles. The van der Waals surface area contributed by atoms with E-state index in [1.807, 2.05) is 32.0 Å². The molecule has 1 heterocycles. The number of halogens is 2. The van der Waals surface area contributed by atoms with E-state index < -0.39 is 6.61 Å². The van der Waals surface area contributed by atoms with E-state index in [9.17, 15) is 13.6 Å². The molecule has 0 unspecified atom stereocenters. The molecular formula is C23H26F2N2O4S. The van der Waals surface area contributed by atoms with E-state index >= 15 is 0 Å². The molecule has 3 rings (SSSR count). The summed E-state index contributed by atoms with van der Waals surface area (Å²) in [7, 11) is 1.40. The fourth-order valence-corrected chi connectivity index (χ4v) is 4.11. The zero-order valence-corrected chi connectivity index (χ0v) is 19.0. The topological polar surface area (TPSA) is 62.6 Å². The van der Waals surface area contributed by atoms with Crippen LogP contribution in [0, 0.1) is 0 Å². The number of ether oxygens (including phenoxy) is 3. The first-order valence-electron chi connectivity index (χ1n) is 10.2. The van der Waals surface area contributed by atoms with Crippen molar-refractivity contribution >= 4 is 22.7 Å². The van der Waals surface area contributed by atoms with Gasteiger partial charge in [-0.3, -0.25) is 9.36 Å². The van der Waals surface area contributed by atoms with Crippen molar-refractivity contribution in [2.75, 3.05) is 13.7 Å². The predicted molar refractivity (Wildman–Crippen MR) is 121 cm³/mol. The van der Waals surface area contributed by atoms with Crippen LogP contribution in [0.15, 0.2) is 52.4 Å². The SMILES string of the molecule is COc1cc(CSc2nc3ccccc3c(=O)n2CCCOC(C)C)ccc1OC(F)F. The molecule has 0 bridgehead atoms. The summed E-state index contributed by atoms with van der Waals surface area (Å²) in [5.74, 6) is 0.665. The molecule has 172 valence electrons. The first-order chi connectivity index (χ1) is 15.4. The van der Waals surface area contributed by atoms with Crippen LogP contribution in [-0.4, -0.2) is 36.0 Å². The third kappa shape index (κ3) is 6.20. The fourth-order valence-electron chi connectivity index (χ4n) is 3.14. The number of thioether (sulfide) groups is 1.